The van der Waals surface area contributed by atoms with Gasteiger partial charge in [0.05, 0.1) is 6.61 Å². The number of amides is 1. The summed E-state index contributed by atoms with van der Waals surface area (Å²) in [6.45, 7) is 6.86. The van der Waals surface area contributed by atoms with Crippen molar-refractivity contribution in [1.29, 1.82) is 0 Å². The number of ether oxygens (including phenoxy) is 2. The van der Waals surface area contributed by atoms with Crippen molar-refractivity contribution < 1.29 is 14.3 Å². The van der Waals surface area contributed by atoms with Gasteiger partial charge in [0.25, 0.3) is 5.91 Å². The number of carbonyl (C=O) groups excluding carboxylic acids is 1. The van der Waals surface area contributed by atoms with Crippen LogP contribution in [0, 0.1) is 0 Å². The van der Waals surface area contributed by atoms with E-state index in [2.05, 4.69) is 19.2 Å². The van der Waals surface area contributed by atoms with E-state index in [1.807, 2.05) is 43.3 Å². The standard InChI is InChI=1S/C23H33NO3/c1-5-7-11-16-23(3,26-4)22(25)24-20-14-15-21(27-17-8-6-2)19-13-10-9-12-18(19)20/h9-10,12-15H,5-8,11,16-17H2,1-4H3,(H,24,25)/t23-/m0/s1. The largest absolute Gasteiger partial charge is 0.493 e. The van der Waals surface area contributed by atoms with Crippen molar-refractivity contribution in [3.63, 3.8) is 0 Å². The summed E-state index contributed by atoms with van der Waals surface area (Å²) in [5, 5.41) is 5.07. The van der Waals surface area contributed by atoms with Gasteiger partial charge in [-0.2, -0.15) is 0 Å². The summed E-state index contributed by atoms with van der Waals surface area (Å²) in [6.07, 6.45) is 6.01. The Kier molecular flexibility index (Phi) is 8.11. The Morgan fingerprint density at radius 3 is 2.37 bits per heavy atom. The number of methoxy groups -OCH3 is 1. The van der Waals surface area contributed by atoms with Crippen LogP contribution in [-0.2, 0) is 9.53 Å². The van der Waals surface area contributed by atoms with Crippen molar-refractivity contribution in [3.8, 4) is 5.75 Å². The molecule has 0 saturated heterocycles. The smallest absolute Gasteiger partial charge is 0.256 e. The maximum Gasteiger partial charge on any atom is 0.256 e. The molecular formula is C23H33NO3. The number of hydrogen-bond donors (Lipinski definition) is 1. The zero-order valence-electron chi connectivity index (χ0n) is 17.1. The second-order valence-electron chi connectivity index (χ2n) is 7.21. The number of rotatable bonds is 11. The van der Waals surface area contributed by atoms with E-state index in [0.29, 0.717) is 13.0 Å². The molecular weight excluding hydrogens is 338 g/mol. The van der Waals surface area contributed by atoms with Crippen molar-refractivity contribution in [2.75, 3.05) is 19.0 Å². The Bertz CT molecular complexity index is 743. The van der Waals surface area contributed by atoms with Crippen LogP contribution in [0.4, 0.5) is 5.69 Å². The molecule has 0 aromatic heterocycles. The molecule has 1 N–H and O–H groups in total. The molecule has 0 fully saturated rings. The van der Waals surface area contributed by atoms with E-state index in [0.717, 1.165) is 54.3 Å². The second-order valence-corrected chi connectivity index (χ2v) is 7.21. The molecule has 2 rings (SSSR count). The molecule has 0 unspecified atom stereocenters. The molecule has 0 aliphatic rings. The fourth-order valence-electron chi connectivity index (χ4n) is 3.11. The summed E-state index contributed by atoms with van der Waals surface area (Å²) >= 11 is 0. The molecule has 0 spiro atoms. The molecule has 1 atom stereocenters. The minimum Gasteiger partial charge on any atom is -0.493 e. The quantitative estimate of drug-likeness (QED) is 0.497. The van der Waals surface area contributed by atoms with Crippen LogP contribution in [0.3, 0.4) is 0 Å². The fraction of sp³-hybridized carbons (Fsp3) is 0.522. The average molecular weight is 372 g/mol. The number of unbranched alkanes of at least 4 members (excludes halogenated alkanes) is 3. The lowest BCUT2D eigenvalue weighted by molar-refractivity contribution is -0.136. The summed E-state index contributed by atoms with van der Waals surface area (Å²) in [4.78, 5) is 12.9. The Morgan fingerprint density at radius 1 is 1.00 bits per heavy atom. The maximum absolute atomic E-state index is 12.9. The second kappa shape index (κ2) is 10.3. The average Bonchev–Trinajstić information content (AvgIpc) is 2.69. The van der Waals surface area contributed by atoms with Gasteiger partial charge in [0, 0.05) is 23.6 Å². The van der Waals surface area contributed by atoms with Gasteiger partial charge in [-0.3, -0.25) is 4.79 Å². The summed E-state index contributed by atoms with van der Waals surface area (Å²) in [5.74, 6) is 0.750. The Hall–Kier alpha value is -2.07. The van der Waals surface area contributed by atoms with Crippen molar-refractivity contribution in [1.82, 2.24) is 0 Å². The third-order valence-corrected chi connectivity index (χ3v) is 5.08. The highest BCUT2D eigenvalue weighted by atomic mass is 16.5. The number of carbonyl (C=O) groups is 1. The van der Waals surface area contributed by atoms with Crippen molar-refractivity contribution >= 4 is 22.4 Å². The van der Waals surface area contributed by atoms with Crippen molar-refractivity contribution in [3.05, 3.63) is 36.4 Å². The van der Waals surface area contributed by atoms with Gasteiger partial charge < -0.3 is 14.8 Å². The third-order valence-electron chi connectivity index (χ3n) is 5.08. The Labute approximate surface area is 163 Å². The first-order valence-corrected chi connectivity index (χ1v) is 10.1. The topological polar surface area (TPSA) is 47.6 Å². The molecule has 0 saturated carbocycles. The van der Waals surface area contributed by atoms with Gasteiger partial charge in [-0.05, 0) is 31.9 Å². The number of hydrogen-bond acceptors (Lipinski definition) is 3. The van der Waals surface area contributed by atoms with Crippen LogP contribution in [0.25, 0.3) is 10.8 Å². The van der Waals surface area contributed by atoms with Crippen LogP contribution in [0.5, 0.6) is 5.75 Å². The highest BCUT2D eigenvalue weighted by molar-refractivity contribution is 6.06. The first kappa shape index (κ1) is 21.2. The van der Waals surface area contributed by atoms with Gasteiger partial charge in [-0.15, -0.1) is 0 Å². The normalized spacial score (nSPS) is 13.3. The van der Waals surface area contributed by atoms with Crippen molar-refractivity contribution in [2.45, 2.75) is 64.9 Å². The Balaban J connectivity index is 2.23. The van der Waals surface area contributed by atoms with Gasteiger partial charge in [-0.1, -0.05) is 63.8 Å². The van der Waals surface area contributed by atoms with E-state index < -0.39 is 5.60 Å². The summed E-state index contributed by atoms with van der Waals surface area (Å²) in [6, 6.07) is 11.9. The number of benzene rings is 2. The predicted octanol–water partition coefficient (Wildman–Crippen LogP) is 5.94. The molecule has 0 heterocycles. The van der Waals surface area contributed by atoms with Gasteiger partial charge >= 0.3 is 0 Å². The fourth-order valence-corrected chi connectivity index (χ4v) is 3.11. The molecule has 0 bridgehead atoms. The predicted molar refractivity (Wildman–Crippen MR) is 113 cm³/mol. The van der Waals surface area contributed by atoms with Crippen LogP contribution in [0.15, 0.2) is 36.4 Å². The first-order valence-electron chi connectivity index (χ1n) is 10.1. The lowest BCUT2D eigenvalue weighted by Crippen LogP contribution is -2.42. The molecule has 27 heavy (non-hydrogen) atoms. The highest BCUT2D eigenvalue weighted by Gasteiger charge is 2.32. The molecule has 0 aliphatic carbocycles. The molecule has 0 radical (unpaired) electrons. The van der Waals surface area contributed by atoms with Gasteiger partial charge in [0.1, 0.15) is 11.4 Å². The zero-order chi connectivity index (χ0) is 19.7. The number of nitrogens with one attached hydrogen (secondary N) is 1. The molecule has 4 heteroatoms. The van der Waals surface area contributed by atoms with Crippen LogP contribution >= 0.6 is 0 Å². The maximum atomic E-state index is 12.9. The van der Waals surface area contributed by atoms with Crippen LogP contribution in [0.1, 0.15) is 59.3 Å². The number of fused-ring (bicyclic) bond motifs is 1. The molecule has 4 nitrogen and oxygen atoms in total. The van der Waals surface area contributed by atoms with Crippen LogP contribution < -0.4 is 10.1 Å². The van der Waals surface area contributed by atoms with E-state index in [4.69, 9.17) is 9.47 Å². The van der Waals surface area contributed by atoms with E-state index in [1.54, 1.807) is 7.11 Å². The monoisotopic (exact) mass is 371 g/mol. The SMILES string of the molecule is CCCCC[C@](C)(OC)C(=O)Nc1ccc(OCCCC)c2ccccc12. The van der Waals surface area contributed by atoms with Crippen molar-refractivity contribution in [2.24, 2.45) is 0 Å². The van der Waals surface area contributed by atoms with E-state index in [1.165, 1.54) is 0 Å². The van der Waals surface area contributed by atoms with Crippen LogP contribution in [-0.4, -0.2) is 25.2 Å². The van der Waals surface area contributed by atoms with Gasteiger partial charge in [0.2, 0.25) is 0 Å². The lowest BCUT2D eigenvalue weighted by Gasteiger charge is -2.27. The molecule has 2 aromatic rings. The minimum atomic E-state index is -0.827. The van der Waals surface area contributed by atoms with Crippen LogP contribution in [0.2, 0.25) is 0 Å². The van der Waals surface area contributed by atoms with E-state index in [-0.39, 0.29) is 5.91 Å². The highest BCUT2D eigenvalue weighted by Crippen LogP contribution is 2.33. The molecule has 148 valence electrons. The third kappa shape index (κ3) is 5.46. The van der Waals surface area contributed by atoms with Gasteiger partial charge in [0.15, 0.2) is 0 Å². The van der Waals surface area contributed by atoms with E-state index >= 15 is 0 Å². The number of anilines is 1. The van der Waals surface area contributed by atoms with Gasteiger partial charge in [-0.25, -0.2) is 0 Å². The first-order chi connectivity index (χ1) is 13.1. The zero-order valence-corrected chi connectivity index (χ0v) is 17.1. The summed E-state index contributed by atoms with van der Waals surface area (Å²) < 4.78 is 11.5. The summed E-state index contributed by atoms with van der Waals surface area (Å²) in [7, 11) is 1.61. The lowest BCUT2D eigenvalue weighted by atomic mass is 9.96. The van der Waals surface area contributed by atoms with E-state index in [9.17, 15) is 4.79 Å². The minimum absolute atomic E-state index is 0.106. The summed E-state index contributed by atoms with van der Waals surface area (Å²) in [5.41, 5.74) is -0.0377. The molecule has 0 aliphatic heterocycles. The molecule has 2 aromatic carbocycles. The molecule has 1 amide bonds. The Morgan fingerprint density at radius 2 is 1.70 bits per heavy atom.